The van der Waals surface area contributed by atoms with Crippen LogP contribution in [-0.4, -0.2) is 27.8 Å². The van der Waals surface area contributed by atoms with Crippen LogP contribution >= 0.6 is 0 Å². The van der Waals surface area contributed by atoms with Gasteiger partial charge in [0, 0.05) is 0 Å². The maximum atomic E-state index is 10.9. The summed E-state index contributed by atoms with van der Waals surface area (Å²) in [5, 5.41) is 27.3. The lowest BCUT2D eigenvalue weighted by molar-refractivity contribution is -0.141. The highest BCUT2D eigenvalue weighted by Crippen LogP contribution is 2.26. The molecule has 1 aromatic rings. The lowest BCUT2D eigenvalue weighted by Gasteiger charge is -2.11. The zero-order valence-electron chi connectivity index (χ0n) is 8.76. The Kier molecular flexibility index (Phi) is 4.13. The van der Waals surface area contributed by atoms with Crippen molar-refractivity contribution in [2.45, 2.75) is 12.8 Å². The SMILES string of the molecule is NCC[C@H](Cc1ccc(O)c(O)c1)C(=O)O. The number of benzene rings is 1. The first-order valence-electron chi connectivity index (χ1n) is 4.98. The van der Waals surface area contributed by atoms with Gasteiger partial charge in [0.25, 0.3) is 0 Å². The molecule has 1 aromatic carbocycles. The molecule has 1 atom stereocenters. The predicted molar refractivity (Wildman–Crippen MR) is 58.3 cm³/mol. The van der Waals surface area contributed by atoms with Gasteiger partial charge in [-0.25, -0.2) is 0 Å². The molecular weight excluding hydrogens is 210 g/mol. The van der Waals surface area contributed by atoms with Gasteiger partial charge in [-0.3, -0.25) is 4.79 Å². The van der Waals surface area contributed by atoms with Crippen molar-refractivity contribution in [2.24, 2.45) is 11.7 Å². The minimum Gasteiger partial charge on any atom is -0.504 e. The summed E-state index contributed by atoms with van der Waals surface area (Å²) in [5.74, 6) is -1.92. The number of nitrogens with two attached hydrogens (primary N) is 1. The average Bonchev–Trinajstić information content (AvgIpc) is 2.22. The second-order valence-electron chi connectivity index (χ2n) is 3.64. The van der Waals surface area contributed by atoms with E-state index < -0.39 is 11.9 Å². The maximum absolute atomic E-state index is 10.9. The third-order valence-corrected chi connectivity index (χ3v) is 2.39. The molecule has 0 bridgehead atoms. The molecule has 88 valence electrons. The summed E-state index contributed by atoms with van der Waals surface area (Å²) >= 11 is 0. The number of phenols is 2. The van der Waals surface area contributed by atoms with Gasteiger partial charge in [-0.2, -0.15) is 0 Å². The monoisotopic (exact) mass is 225 g/mol. The zero-order valence-corrected chi connectivity index (χ0v) is 8.76. The van der Waals surface area contributed by atoms with Crippen LogP contribution in [0.15, 0.2) is 18.2 Å². The Balaban J connectivity index is 2.77. The van der Waals surface area contributed by atoms with Crippen molar-refractivity contribution < 1.29 is 20.1 Å². The van der Waals surface area contributed by atoms with Crippen LogP contribution in [0.5, 0.6) is 11.5 Å². The van der Waals surface area contributed by atoms with Gasteiger partial charge in [-0.15, -0.1) is 0 Å². The van der Waals surface area contributed by atoms with Crippen LogP contribution in [0.4, 0.5) is 0 Å². The van der Waals surface area contributed by atoms with Gasteiger partial charge in [-0.05, 0) is 37.1 Å². The van der Waals surface area contributed by atoms with E-state index >= 15 is 0 Å². The lowest BCUT2D eigenvalue weighted by atomic mass is 9.96. The number of hydrogen-bond donors (Lipinski definition) is 4. The van der Waals surface area contributed by atoms with E-state index in [0.717, 1.165) is 0 Å². The molecule has 0 saturated carbocycles. The van der Waals surface area contributed by atoms with Gasteiger partial charge >= 0.3 is 5.97 Å². The molecule has 0 heterocycles. The van der Waals surface area contributed by atoms with Gasteiger partial charge < -0.3 is 21.1 Å². The van der Waals surface area contributed by atoms with Crippen molar-refractivity contribution in [1.82, 2.24) is 0 Å². The maximum Gasteiger partial charge on any atom is 0.306 e. The Morgan fingerprint density at radius 1 is 1.31 bits per heavy atom. The third kappa shape index (κ3) is 3.13. The molecule has 0 aromatic heterocycles. The Bertz CT molecular complexity index is 378. The Morgan fingerprint density at radius 2 is 2.00 bits per heavy atom. The molecule has 0 unspecified atom stereocenters. The summed E-state index contributed by atoms with van der Waals surface area (Å²) in [4.78, 5) is 10.9. The van der Waals surface area contributed by atoms with Crippen molar-refractivity contribution in [3.05, 3.63) is 23.8 Å². The molecule has 5 N–H and O–H groups in total. The van der Waals surface area contributed by atoms with Crippen LogP contribution in [0.3, 0.4) is 0 Å². The van der Waals surface area contributed by atoms with Crippen molar-refractivity contribution in [2.75, 3.05) is 6.54 Å². The highest BCUT2D eigenvalue weighted by molar-refractivity contribution is 5.70. The number of aliphatic carboxylic acids is 1. The van der Waals surface area contributed by atoms with Crippen molar-refractivity contribution in [3.63, 3.8) is 0 Å². The quantitative estimate of drug-likeness (QED) is 0.552. The molecule has 0 fully saturated rings. The fourth-order valence-electron chi connectivity index (χ4n) is 1.49. The van der Waals surface area contributed by atoms with E-state index in [1.807, 2.05) is 0 Å². The summed E-state index contributed by atoms with van der Waals surface area (Å²) in [5.41, 5.74) is 5.99. The van der Waals surface area contributed by atoms with Crippen LogP contribution in [0, 0.1) is 5.92 Å². The first-order valence-corrected chi connectivity index (χ1v) is 4.98. The van der Waals surface area contributed by atoms with Gasteiger partial charge in [0.05, 0.1) is 5.92 Å². The van der Waals surface area contributed by atoms with E-state index in [-0.39, 0.29) is 11.5 Å². The van der Waals surface area contributed by atoms with Crippen LogP contribution < -0.4 is 5.73 Å². The van der Waals surface area contributed by atoms with Crippen molar-refractivity contribution >= 4 is 5.97 Å². The van der Waals surface area contributed by atoms with E-state index in [1.54, 1.807) is 6.07 Å². The van der Waals surface area contributed by atoms with Crippen LogP contribution in [0.2, 0.25) is 0 Å². The van der Waals surface area contributed by atoms with E-state index in [9.17, 15) is 9.90 Å². The standard InChI is InChI=1S/C11H15NO4/c12-4-3-8(11(15)16)5-7-1-2-9(13)10(14)6-7/h1-2,6,8,13-14H,3-5,12H2,(H,15,16)/t8-/m1/s1. The fourth-order valence-corrected chi connectivity index (χ4v) is 1.49. The Hall–Kier alpha value is -1.75. The largest absolute Gasteiger partial charge is 0.504 e. The first-order chi connectivity index (χ1) is 7.54. The van der Waals surface area contributed by atoms with E-state index in [1.165, 1.54) is 12.1 Å². The normalized spacial score (nSPS) is 12.3. The van der Waals surface area contributed by atoms with E-state index in [4.69, 9.17) is 15.9 Å². The highest BCUT2D eigenvalue weighted by atomic mass is 16.4. The zero-order chi connectivity index (χ0) is 12.1. The van der Waals surface area contributed by atoms with Gasteiger partial charge in [0.15, 0.2) is 11.5 Å². The number of carbonyl (C=O) groups is 1. The number of carboxylic acids is 1. The molecule has 0 aliphatic rings. The third-order valence-electron chi connectivity index (χ3n) is 2.39. The number of hydrogen-bond acceptors (Lipinski definition) is 4. The topological polar surface area (TPSA) is 104 Å². The molecule has 5 heteroatoms. The number of rotatable bonds is 5. The Labute approximate surface area is 93.1 Å². The molecule has 16 heavy (non-hydrogen) atoms. The highest BCUT2D eigenvalue weighted by Gasteiger charge is 2.17. The van der Waals surface area contributed by atoms with Crippen molar-refractivity contribution in [3.8, 4) is 11.5 Å². The van der Waals surface area contributed by atoms with Crippen molar-refractivity contribution in [1.29, 1.82) is 0 Å². The second kappa shape index (κ2) is 5.37. The molecule has 5 nitrogen and oxygen atoms in total. The molecule has 0 saturated heterocycles. The fraction of sp³-hybridized carbons (Fsp3) is 0.364. The second-order valence-corrected chi connectivity index (χ2v) is 3.64. The molecule has 0 spiro atoms. The smallest absolute Gasteiger partial charge is 0.306 e. The minimum absolute atomic E-state index is 0.213. The van der Waals surface area contributed by atoms with Gasteiger partial charge in [-0.1, -0.05) is 6.07 Å². The Morgan fingerprint density at radius 3 is 2.50 bits per heavy atom. The molecule has 0 amide bonds. The summed E-state index contributed by atoms with van der Waals surface area (Å²) in [6.07, 6.45) is 0.678. The molecule has 0 aliphatic carbocycles. The predicted octanol–water partition coefficient (Wildman–Crippen LogP) is 0.690. The van der Waals surface area contributed by atoms with Gasteiger partial charge in [0.2, 0.25) is 0 Å². The minimum atomic E-state index is -0.905. The van der Waals surface area contributed by atoms with Crippen LogP contribution in [-0.2, 0) is 11.2 Å². The molecular formula is C11H15NO4. The molecule has 0 aliphatic heterocycles. The summed E-state index contributed by atoms with van der Waals surface area (Å²) in [6.45, 7) is 0.307. The molecule has 0 radical (unpaired) electrons. The lowest BCUT2D eigenvalue weighted by Crippen LogP contribution is -2.20. The first kappa shape index (κ1) is 12.3. The van der Waals surface area contributed by atoms with Crippen LogP contribution in [0.1, 0.15) is 12.0 Å². The average molecular weight is 225 g/mol. The summed E-state index contributed by atoms with van der Waals surface area (Å²) in [6, 6.07) is 4.29. The number of carboxylic acid groups (broad SMARTS) is 1. The summed E-state index contributed by atoms with van der Waals surface area (Å²) < 4.78 is 0. The van der Waals surface area contributed by atoms with Gasteiger partial charge in [0.1, 0.15) is 0 Å². The summed E-state index contributed by atoms with van der Waals surface area (Å²) in [7, 11) is 0. The number of aromatic hydroxyl groups is 2. The molecule has 1 rings (SSSR count). The van der Waals surface area contributed by atoms with Crippen LogP contribution in [0.25, 0.3) is 0 Å². The van der Waals surface area contributed by atoms with E-state index in [0.29, 0.717) is 24.9 Å². The van der Waals surface area contributed by atoms with E-state index in [2.05, 4.69) is 0 Å². The number of phenolic OH excluding ortho intramolecular Hbond substituents is 2.